The summed E-state index contributed by atoms with van der Waals surface area (Å²) in [6.07, 6.45) is 0.0371. The Labute approximate surface area is 106 Å². The maximum Gasteiger partial charge on any atom is 0.226 e. The van der Waals surface area contributed by atoms with E-state index in [1.807, 2.05) is 0 Å². The van der Waals surface area contributed by atoms with Crippen LogP contribution in [0.15, 0.2) is 0 Å². The van der Waals surface area contributed by atoms with Gasteiger partial charge in [-0.15, -0.1) is 0 Å². The van der Waals surface area contributed by atoms with Crippen molar-refractivity contribution in [1.29, 1.82) is 0 Å². The van der Waals surface area contributed by atoms with E-state index in [4.69, 9.17) is 4.74 Å². The molecule has 0 aromatic rings. The number of Topliss-reactive ketones (excluding diaryl/α,β-unsaturated/α-hetero) is 1. The van der Waals surface area contributed by atoms with Gasteiger partial charge in [0.25, 0.3) is 0 Å². The van der Waals surface area contributed by atoms with E-state index in [2.05, 4.69) is 0 Å². The highest BCUT2D eigenvalue weighted by molar-refractivity contribution is 7.92. The van der Waals surface area contributed by atoms with Crippen LogP contribution < -0.4 is 0 Å². The van der Waals surface area contributed by atoms with Crippen LogP contribution in [-0.2, 0) is 24.2 Å². The first-order chi connectivity index (χ1) is 8.14. The minimum Gasteiger partial charge on any atom is -0.353 e. The SMILES string of the molecule is CC(C)(C)C(=O)COC1CN2C(=O)C[C@H]2S1(=O)=O. The van der Waals surface area contributed by atoms with Crippen molar-refractivity contribution in [3.05, 3.63) is 0 Å². The number of fused-ring (bicyclic) bond motifs is 1. The fourth-order valence-corrected chi connectivity index (χ4v) is 3.82. The summed E-state index contributed by atoms with van der Waals surface area (Å²) in [6.45, 7) is 5.06. The van der Waals surface area contributed by atoms with E-state index in [0.29, 0.717) is 0 Å². The predicted molar refractivity (Wildman–Crippen MR) is 63.2 cm³/mol. The van der Waals surface area contributed by atoms with Crippen LogP contribution in [0.25, 0.3) is 0 Å². The van der Waals surface area contributed by atoms with E-state index < -0.39 is 26.1 Å². The van der Waals surface area contributed by atoms with Crippen LogP contribution in [0.2, 0.25) is 0 Å². The highest BCUT2D eigenvalue weighted by Gasteiger charge is 2.56. The fourth-order valence-electron chi connectivity index (χ4n) is 1.91. The van der Waals surface area contributed by atoms with E-state index in [9.17, 15) is 18.0 Å². The van der Waals surface area contributed by atoms with Gasteiger partial charge in [0, 0.05) is 5.41 Å². The molecule has 6 nitrogen and oxygen atoms in total. The first kappa shape index (κ1) is 13.5. The first-order valence-electron chi connectivity index (χ1n) is 5.81. The molecule has 0 aromatic heterocycles. The van der Waals surface area contributed by atoms with Gasteiger partial charge in [0.05, 0.1) is 13.0 Å². The average Bonchev–Trinajstić information content (AvgIpc) is 2.42. The molecule has 0 aromatic carbocycles. The Morgan fingerprint density at radius 3 is 2.50 bits per heavy atom. The van der Waals surface area contributed by atoms with E-state index >= 15 is 0 Å². The van der Waals surface area contributed by atoms with Gasteiger partial charge in [-0.3, -0.25) is 9.59 Å². The largest absolute Gasteiger partial charge is 0.353 e. The summed E-state index contributed by atoms with van der Waals surface area (Å²) < 4.78 is 29.1. The number of β-lactam (4-membered cyclic amide) rings is 1. The zero-order valence-corrected chi connectivity index (χ0v) is 11.5. The predicted octanol–water partition coefficient (Wildman–Crippen LogP) is -0.0689. The van der Waals surface area contributed by atoms with Gasteiger partial charge in [-0.1, -0.05) is 20.8 Å². The van der Waals surface area contributed by atoms with Gasteiger partial charge < -0.3 is 9.64 Å². The normalized spacial score (nSPS) is 29.9. The first-order valence-corrected chi connectivity index (χ1v) is 7.42. The number of rotatable bonds is 3. The molecule has 2 saturated heterocycles. The summed E-state index contributed by atoms with van der Waals surface area (Å²) in [5.74, 6) is -0.324. The third-order valence-electron chi connectivity index (χ3n) is 3.35. The smallest absolute Gasteiger partial charge is 0.226 e. The molecule has 102 valence electrons. The maximum absolute atomic E-state index is 11.9. The standard InChI is InChI=1S/C11H17NO5S/c1-11(2,3)7(13)6-17-10-5-12-8(14)4-9(12)18(10,15)16/h9-10H,4-6H2,1-3H3/t9-,10?/m1/s1. The molecule has 2 fully saturated rings. The summed E-state index contributed by atoms with van der Waals surface area (Å²) in [5, 5.41) is -0.736. The minimum absolute atomic E-state index is 0.0371. The molecule has 0 aliphatic carbocycles. The molecule has 7 heteroatoms. The number of carbonyl (C=O) groups excluding carboxylic acids is 2. The number of nitrogens with zero attached hydrogens (tertiary/aromatic N) is 1. The van der Waals surface area contributed by atoms with Gasteiger partial charge in [0.15, 0.2) is 21.1 Å². The Morgan fingerprint density at radius 2 is 2.06 bits per heavy atom. The summed E-state index contributed by atoms with van der Waals surface area (Å²) >= 11 is 0. The highest BCUT2D eigenvalue weighted by Crippen LogP contribution is 2.35. The number of sulfone groups is 1. The van der Waals surface area contributed by atoms with E-state index in [1.54, 1.807) is 20.8 Å². The highest BCUT2D eigenvalue weighted by atomic mass is 32.2. The molecule has 2 heterocycles. The summed E-state index contributed by atoms with van der Waals surface area (Å²) in [6, 6.07) is 0. The zero-order chi connectivity index (χ0) is 13.7. The van der Waals surface area contributed by atoms with E-state index in [0.717, 1.165) is 0 Å². The van der Waals surface area contributed by atoms with Crippen molar-refractivity contribution in [2.45, 2.75) is 38.0 Å². The Balaban J connectivity index is 1.99. The zero-order valence-electron chi connectivity index (χ0n) is 10.7. The van der Waals surface area contributed by atoms with Gasteiger partial charge in [-0.2, -0.15) is 0 Å². The number of carbonyl (C=O) groups is 2. The number of amides is 1. The lowest BCUT2D eigenvalue weighted by Crippen LogP contribution is -2.50. The minimum atomic E-state index is -3.47. The molecule has 1 amide bonds. The van der Waals surface area contributed by atoms with Crippen molar-refractivity contribution in [1.82, 2.24) is 4.90 Å². The van der Waals surface area contributed by atoms with Crippen LogP contribution in [0.3, 0.4) is 0 Å². The number of ketones is 1. The monoisotopic (exact) mass is 275 g/mol. The third-order valence-corrected chi connectivity index (χ3v) is 5.54. The van der Waals surface area contributed by atoms with Crippen molar-refractivity contribution in [2.75, 3.05) is 13.2 Å². The molecule has 2 aliphatic heterocycles. The molecule has 0 radical (unpaired) electrons. The lowest BCUT2D eigenvalue weighted by Gasteiger charge is -2.31. The summed E-state index contributed by atoms with van der Waals surface area (Å²) in [7, 11) is -3.47. The van der Waals surface area contributed by atoms with Crippen molar-refractivity contribution in [2.24, 2.45) is 5.41 Å². The average molecular weight is 275 g/mol. The molecular formula is C11H17NO5S. The van der Waals surface area contributed by atoms with Gasteiger partial charge in [0.1, 0.15) is 12.0 Å². The lowest BCUT2D eigenvalue weighted by molar-refractivity contribution is -0.141. The van der Waals surface area contributed by atoms with Crippen LogP contribution in [0.5, 0.6) is 0 Å². The van der Waals surface area contributed by atoms with Gasteiger partial charge >= 0.3 is 0 Å². The lowest BCUT2D eigenvalue weighted by atomic mass is 9.91. The molecule has 2 rings (SSSR count). The topological polar surface area (TPSA) is 80.8 Å². The van der Waals surface area contributed by atoms with Gasteiger partial charge in [-0.05, 0) is 0 Å². The molecular weight excluding hydrogens is 258 g/mol. The Hall–Kier alpha value is -0.950. The second-order valence-corrected chi connectivity index (χ2v) is 7.96. The van der Waals surface area contributed by atoms with Crippen molar-refractivity contribution in [3.63, 3.8) is 0 Å². The Bertz CT molecular complexity index is 490. The van der Waals surface area contributed by atoms with Crippen molar-refractivity contribution >= 4 is 21.5 Å². The van der Waals surface area contributed by atoms with E-state index in [1.165, 1.54) is 4.90 Å². The van der Waals surface area contributed by atoms with E-state index in [-0.39, 0.29) is 31.3 Å². The van der Waals surface area contributed by atoms with Crippen LogP contribution in [0.4, 0.5) is 0 Å². The van der Waals surface area contributed by atoms with Crippen LogP contribution >= 0.6 is 0 Å². The summed E-state index contributed by atoms with van der Waals surface area (Å²) in [4.78, 5) is 24.1. The second kappa shape index (κ2) is 4.03. The van der Waals surface area contributed by atoms with Crippen molar-refractivity contribution < 1.29 is 22.7 Å². The Morgan fingerprint density at radius 1 is 1.44 bits per heavy atom. The van der Waals surface area contributed by atoms with Gasteiger partial charge in [0.2, 0.25) is 5.91 Å². The molecule has 2 atom stereocenters. The summed E-state index contributed by atoms with van der Waals surface area (Å²) in [5.41, 5.74) is -1.61. The molecule has 0 saturated carbocycles. The van der Waals surface area contributed by atoms with Crippen LogP contribution in [-0.4, -0.2) is 49.0 Å². The molecule has 0 spiro atoms. The molecule has 0 bridgehead atoms. The second-order valence-electron chi connectivity index (χ2n) is 5.71. The molecule has 0 N–H and O–H groups in total. The molecule has 1 unspecified atom stereocenters. The quantitative estimate of drug-likeness (QED) is 0.674. The van der Waals surface area contributed by atoms with Crippen LogP contribution in [0.1, 0.15) is 27.2 Å². The van der Waals surface area contributed by atoms with Crippen LogP contribution in [0, 0.1) is 5.41 Å². The number of hydrogen-bond donors (Lipinski definition) is 0. The van der Waals surface area contributed by atoms with Gasteiger partial charge in [-0.25, -0.2) is 8.42 Å². The number of hydrogen-bond acceptors (Lipinski definition) is 5. The number of ether oxygens (including phenoxy) is 1. The van der Waals surface area contributed by atoms with Crippen molar-refractivity contribution in [3.8, 4) is 0 Å². The molecule has 18 heavy (non-hydrogen) atoms. The fraction of sp³-hybridized carbons (Fsp3) is 0.818. The third kappa shape index (κ3) is 2.05. The maximum atomic E-state index is 11.9. The molecule has 2 aliphatic rings. The Kier molecular flexibility index (Phi) is 3.02.